The number of ether oxygens (including phenoxy) is 1. The third kappa shape index (κ3) is 4.27. The van der Waals surface area contributed by atoms with Crippen LogP contribution in [0.2, 0.25) is 0 Å². The van der Waals surface area contributed by atoms with Crippen molar-refractivity contribution >= 4 is 11.8 Å². The van der Waals surface area contributed by atoms with Crippen molar-refractivity contribution in [2.75, 3.05) is 26.2 Å². The largest absolute Gasteiger partial charge is 0.492 e. The Labute approximate surface area is 124 Å². The number of hydrogen-bond donors (Lipinski definition) is 2. The van der Waals surface area contributed by atoms with E-state index in [1.807, 2.05) is 29.2 Å². The maximum absolute atomic E-state index is 11.5. The molecule has 1 aliphatic rings. The van der Waals surface area contributed by atoms with Crippen LogP contribution in [0.4, 0.5) is 0 Å². The second-order valence-electron chi connectivity index (χ2n) is 5.09. The van der Waals surface area contributed by atoms with E-state index in [4.69, 9.17) is 10.5 Å². The summed E-state index contributed by atoms with van der Waals surface area (Å²) in [6, 6.07) is 7.48. The smallest absolute Gasteiger partial charge is 0.243 e. The van der Waals surface area contributed by atoms with Gasteiger partial charge in [-0.2, -0.15) is 0 Å². The molecule has 1 heterocycles. The number of imide groups is 1. The highest BCUT2D eigenvalue weighted by Crippen LogP contribution is 2.13. The van der Waals surface area contributed by atoms with Crippen LogP contribution in [-0.4, -0.2) is 49.0 Å². The topological polar surface area (TPSA) is 84.7 Å². The molecule has 0 spiro atoms. The first-order valence-electron chi connectivity index (χ1n) is 7.09. The SMILES string of the molecule is CC1C(=O)NC(=O)CN1CCOc1ccc(CCN)cc1. The van der Waals surface area contributed by atoms with E-state index in [1.54, 1.807) is 6.92 Å². The molecule has 1 saturated heterocycles. The lowest BCUT2D eigenvalue weighted by Gasteiger charge is -2.31. The Kier molecular flexibility index (Phi) is 5.30. The average molecular weight is 291 g/mol. The Morgan fingerprint density at radius 3 is 2.71 bits per heavy atom. The number of nitrogens with two attached hydrogens (primary N) is 1. The summed E-state index contributed by atoms with van der Waals surface area (Å²) in [5.41, 5.74) is 6.68. The molecule has 0 aliphatic carbocycles. The molecule has 2 rings (SSSR count). The lowest BCUT2D eigenvalue weighted by atomic mass is 10.1. The van der Waals surface area contributed by atoms with Gasteiger partial charge in [0.1, 0.15) is 12.4 Å². The molecule has 114 valence electrons. The fraction of sp³-hybridized carbons (Fsp3) is 0.467. The zero-order chi connectivity index (χ0) is 15.2. The molecule has 0 saturated carbocycles. The zero-order valence-corrected chi connectivity index (χ0v) is 12.2. The van der Waals surface area contributed by atoms with Gasteiger partial charge in [-0.25, -0.2) is 0 Å². The molecule has 1 fully saturated rings. The summed E-state index contributed by atoms with van der Waals surface area (Å²) in [5, 5.41) is 2.31. The standard InChI is InChI=1S/C15H21N3O3/c1-11-15(20)17-14(19)10-18(11)8-9-21-13-4-2-12(3-5-13)6-7-16/h2-5,11H,6-10,16H2,1H3,(H,17,19,20). The molecule has 6 heteroatoms. The van der Waals surface area contributed by atoms with Crippen molar-refractivity contribution in [3.63, 3.8) is 0 Å². The van der Waals surface area contributed by atoms with Crippen molar-refractivity contribution < 1.29 is 14.3 Å². The van der Waals surface area contributed by atoms with Crippen LogP contribution in [0.15, 0.2) is 24.3 Å². The summed E-state index contributed by atoms with van der Waals surface area (Å²) in [7, 11) is 0. The summed E-state index contributed by atoms with van der Waals surface area (Å²) >= 11 is 0. The van der Waals surface area contributed by atoms with Crippen LogP contribution in [0.5, 0.6) is 5.75 Å². The molecule has 1 unspecified atom stereocenters. The van der Waals surface area contributed by atoms with E-state index in [-0.39, 0.29) is 24.4 Å². The molecular formula is C15H21N3O3. The lowest BCUT2D eigenvalue weighted by molar-refractivity contribution is -0.139. The van der Waals surface area contributed by atoms with Crippen molar-refractivity contribution in [1.82, 2.24) is 10.2 Å². The van der Waals surface area contributed by atoms with Gasteiger partial charge >= 0.3 is 0 Å². The number of benzene rings is 1. The van der Waals surface area contributed by atoms with Gasteiger partial charge in [-0.15, -0.1) is 0 Å². The minimum atomic E-state index is -0.307. The number of carbonyl (C=O) groups is 2. The molecule has 3 N–H and O–H groups in total. The van der Waals surface area contributed by atoms with Crippen molar-refractivity contribution in [2.45, 2.75) is 19.4 Å². The number of amides is 2. The first-order chi connectivity index (χ1) is 10.1. The highest BCUT2D eigenvalue weighted by molar-refractivity contribution is 6.00. The van der Waals surface area contributed by atoms with Gasteiger partial charge < -0.3 is 10.5 Å². The Morgan fingerprint density at radius 2 is 2.05 bits per heavy atom. The summed E-state index contributed by atoms with van der Waals surface area (Å²) in [6.45, 7) is 3.60. The van der Waals surface area contributed by atoms with E-state index < -0.39 is 0 Å². The average Bonchev–Trinajstić information content (AvgIpc) is 2.46. The Morgan fingerprint density at radius 1 is 1.33 bits per heavy atom. The second kappa shape index (κ2) is 7.19. The summed E-state index contributed by atoms with van der Waals surface area (Å²) in [6.07, 6.45) is 0.850. The fourth-order valence-electron chi connectivity index (χ4n) is 2.24. The summed E-state index contributed by atoms with van der Waals surface area (Å²) in [4.78, 5) is 24.7. The van der Waals surface area contributed by atoms with E-state index in [2.05, 4.69) is 5.32 Å². The number of hydrogen-bond acceptors (Lipinski definition) is 5. The molecule has 0 bridgehead atoms. The van der Waals surface area contributed by atoms with Gasteiger partial charge in [-0.05, 0) is 37.6 Å². The first kappa shape index (κ1) is 15.5. The van der Waals surface area contributed by atoms with Crippen LogP contribution in [0.3, 0.4) is 0 Å². The molecule has 0 aromatic heterocycles. The Balaban J connectivity index is 1.80. The normalized spacial score (nSPS) is 19.4. The van der Waals surface area contributed by atoms with Crippen LogP contribution in [-0.2, 0) is 16.0 Å². The molecule has 1 aromatic rings. The molecule has 1 aromatic carbocycles. The summed E-state index contributed by atoms with van der Waals surface area (Å²) in [5.74, 6) is 0.262. The van der Waals surface area contributed by atoms with Crippen LogP contribution < -0.4 is 15.8 Å². The Hall–Kier alpha value is -1.92. The minimum absolute atomic E-state index is 0.228. The number of carbonyl (C=O) groups excluding carboxylic acids is 2. The molecule has 21 heavy (non-hydrogen) atoms. The number of nitrogens with one attached hydrogen (secondary N) is 1. The van der Waals surface area contributed by atoms with Gasteiger partial charge in [0, 0.05) is 6.54 Å². The van der Waals surface area contributed by atoms with Gasteiger partial charge in [-0.1, -0.05) is 12.1 Å². The van der Waals surface area contributed by atoms with Crippen molar-refractivity contribution in [2.24, 2.45) is 5.73 Å². The van der Waals surface area contributed by atoms with E-state index in [1.165, 1.54) is 5.56 Å². The van der Waals surface area contributed by atoms with Gasteiger partial charge in [0.05, 0.1) is 12.6 Å². The number of nitrogens with zero attached hydrogens (tertiary/aromatic N) is 1. The molecule has 1 aliphatic heterocycles. The third-order valence-electron chi connectivity index (χ3n) is 3.54. The van der Waals surface area contributed by atoms with E-state index in [0.29, 0.717) is 19.7 Å². The van der Waals surface area contributed by atoms with Gasteiger partial charge in [0.2, 0.25) is 11.8 Å². The predicted molar refractivity (Wildman–Crippen MR) is 78.9 cm³/mol. The van der Waals surface area contributed by atoms with Crippen molar-refractivity contribution in [3.05, 3.63) is 29.8 Å². The second-order valence-corrected chi connectivity index (χ2v) is 5.09. The molecular weight excluding hydrogens is 270 g/mol. The van der Waals surface area contributed by atoms with Gasteiger partial charge in [0.25, 0.3) is 0 Å². The van der Waals surface area contributed by atoms with Crippen LogP contribution >= 0.6 is 0 Å². The minimum Gasteiger partial charge on any atom is -0.492 e. The molecule has 0 radical (unpaired) electrons. The highest BCUT2D eigenvalue weighted by atomic mass is 16.5. The maximum atomic E-state index is 11.5. The highest BCUT2D eigenvalue weighted by Gasteiger charge is 2.29. The van der Waals surface area contributed by atoms with Gasteiger partial charge in [-0.3, -0.25) is 19.8 Å². The van der Waals surface area contributed by atoms with Crippen LogP contribution in [0.1, 0.15) is 12.5 Å². The van der Waals surface area contributed by atoms with Crippen molar-refractivity contribution in [1.29, 1.82) is 0 Å². The zero-order valence-electron chi connectivity index (χ0n) is 12.2. The molecule has 6 nitrogen and oxygen atoms in total. The van der Waals surface area contributed by atoms with E-state index in [9.17, 15) is 9.59 Å². The third-order valence-corrected chi connectivity index (χ3v) is 3.54. The quantitative estimate of drug-likeness (QED) is 0.716. The Bertz CT molecular complexity index is 501. The van der Waals surface area contributed by atoms with E-state index >= 15 is 0 Å². The van der Waals surface area contributed by atoms with Crippen LogP contribution in [0, 0.1) is 0 Å². The molecule has 2 amide bonds. The van der Waals surface area contributed by atoms with Crippen molar-refractivity contribution in [3.8, 4) is 5.75 Å². The van der Waals surface area contributed by atoms with Gasteiger partial charge in [0.15, 0.2) is 0 Å². The van der Waals surface area contributed by atoms with E-state index in [0.717, 1.165) is 12.2 Å². The predicted octanol–water partition coefficient (Wildman–Crippen LogP) is -0.0865. The maximum Gasteiger partial charge on any atom is 0.243 e. The number of piperazine rings is 1. The lowest BCUT2D eigenvalue weighted by Crippen LogP contribution is -2.57. The monoisotopic (exact) mass is 291 g/mol. The molecule has 1 atom stereocenters. The van der Waals surface area contributed by atoms with Crippen LogP contribution in [0.25, 0.3) is 0 Å². The first-order valence-corrected chi connectivity index (χ1v) is 7.09. The number of rotatable bonds is 6. The summed E-state index contributed by atoms with van der Waals surface area (Å²) < 4.78 is 5.64. The fourth-order valence-corrected chi connectivity index (χ4v) is 2.24.